The monoisotopic (exact) mass is 290 g/mol. The van der Waals surface area contributed by atoms with Crippen molar-refractivity contribution in [2.75, 3.05) is 5.73 Å². The van der Waals surface area contributed by atoms with Gasteiger partial charge in [-0.2, -0.15) is 10.4 Å². The third kappa shape index (κ3) is 2.91. The van der Waals surface area contributed by atoms with E-state index in [0.717, 1.165) is 17.0 Å². The number of hydrogen-bond acceptors (Lipinski definition) is 4. The first-order valence-corrected chi connectivity index (χ1v) is 6.79. The minimum absolute atomic E-state index is 0.285. The molecule has 2 N–H and O–H groups in total. The van der Waals surface area contributed by atoms with E-state index in [1.54, 1.807) is 0 Å². The number of anilines is 1. The lowest BCUT2D eigenvalue weighted by molar-refractivity contribution is 0.306. The zero-order valence-electron chi connectivity index (χ0n) is 11.8. The van der Waals surface area contributed by atoms with E-state index >= 15 is 0 Å². The maximum absolute atomic E-state index is 8.88. The maximum atomic E-state index is 8.88. The number of aromatic nitrogens is 2. The van der Waals surface area contributed by atoms with E-state index in [9.17, 15) is 0 Å². The molecule has 0 radical (unpaired) electrons. The number of nitrogen functional groups attached to an aromatic ring is 1. The van der Waals surface area contributed by atoms with Crippen LogP contribution in [0.15, 0.2) is 60.7 Å². The number of nitrogens with two attached hydrogens (primary N) is 1. The van der Waals surface area contributed by atoms with Gasteiger partial charge in [-0.05, 0) is 17.7 Å². The van der Waals surface area contributed by atoms with Gasteiger partial charge in [0, 0.05) is 12.1 Å². The smallest absolute Gasteiger partial charge is 0.165 e. The summed E-state index contributed by atoms with van der Waals surface area (Å²) >= 11 is 0. The highest BCUT2D eigenvalue weighted by Crippen LogP contribution is 2.20. The lowest BCUT2D eigenvalue weighted by Gasteiger charge is -2.09. The molecule has 3 rings (SSSR count). The molecule has 1 heterocycles. The van der Waals surface area contributed by atoms with E-state index in [4.69, 9.17) is 15.7 Å². The van der Waals surface area contributed by atoms with Gasteiger partial charge in [-0.15, -0.1) is 0 Å². The Hall–Kier alpha value is -3.26. The highest BCUT2D eigenvalue weighted by Gasteiger charge is 2.07. The van der Waals surface area contributed by atoms with Crippen LogP contribution in [0.4, 0.5) is 5.82 Å². The van der Waals surface area contributed by atoms with Gasteiger partial charge in [-0.1, -0.05) is 36.4 Å². The minimum Gasteiger partial charge on any atom is -0.489 e. The second-order valence-corrected chi connectivity index (χ2v) is 4.75. The van der Waals surface area contributed by atoms with Crippen molar-refractivity contribution in [2.24, 2.45) is 0 Å². The Kier molecular flexibility index (Phi) is 3.75. The largest absolute Gasteiger partial charge is 0.489 e. The fourth-order valence-corrected chi connectivity index (χ4v) is 2.10. The van der Waals surface area contributed by atoms with E-state index in [0.29, 0.717) is 12.4 Å². The third-order valence-electron chi connectivity index (χ3n) is 3.16. The van der Waals surface area contributed by atoms with Crippen molar-refractivity contribution < 1.29 is 4.74 Å². The fraction of sp³-hybridized carbons (Fsp3) is 0.0588. The molecule has 0 atom stereocenters. The van der Waals surface area contributed by atoms with Gasteiger partial charge >= 0.3 is 0 Å². The Bertz CT molecular complexity index is 818. The van der Waals surface area contributed by atoms with Gasteiger partial charge in [0.25, 0.3) is 0 Å². The zero-order valence-corrected chi connectivity index (χ0v) is 11.8. The third-order valence-corrected chi connectivity index (χ3v) is 3.16. The molecule has 0 spiro atoms. The molecule has 0 fully saturated rings. The summed E-state index contributed by atoms with van der Waals surface area (Å²) in [6.45, 7) is 0.488. The van der Waals surface area contributed by atoms with Gasteiger partial charge in [0.2, 0.25) is 0 Å². The number of ether oxygens (including phenoxy) is 1. The van der Waals surface area contributed by atoms with Crippen molar-refractivity contribution in [3.05, 3.63) is 71.9 Å². The zero-order chi connectivity index (χ0) is 15.4. The fourth-order valence-electron chi connectivity index (χ4n) is 2.10. The van der Waals surface area contributed by atoms with Crippen molar-refractivity contribution in [2.45, 2.75) is 6.61 Å². The van der Waals surface area contributed by atoms with Crippen LogP contribution >= 0.6 is 0 Å². The lowest BCUT2D eigenvalue weighted by atomic mass is 10.2. The van der Waals surface area contributed by atoms with Crippen LogP contribution in [0.5, 0.6) is 5.75 Å². The predicted molar refractivity (Wildman–Crippen MR) is 83.5 cm³/mol. The van der Waals surface area contributed by atoms with E-state index < -0.39 is 0 Å². The molecule has 0 saturated heterocycles. The Morgan fingerprint density at radius 2 is 1.91 bits per heavy atom. The van der Waals surface area contributed by atoms with Gasteiger partial charge in [0.1, 0.15) is 24.2 Å². The molecule has 0 aliphatic rings. The predicted octanol–water partition coefficient (Wildman–Crippen LogP) is 2.91. The number of rotatable bonds is 4. The average Bonchev–Trinajstić information content (AvgIpc) is 2.95. The highest BCUT2D eigenvalue weighted by molar-refractivity contribution is 5.47. The Morgan fingerprint density at radius 3 is 2.64 bits per heavy atom. The van der Waals surface area contributed by atoms with Crippen LogP contribution in [-0.2, 0) is 6.61 Å². The van der Waals surface area contributed by atoms with E-state index in [1.807, 2.05) is 60.7 Å². The minimum atomic E-state index is 0.285. The van der Waals surface area contributed by atoms with E-state index in [2.05, 4.69) is 5.10 Å². The summed E-state index contributed by atoms with van der Waals surface area (Å²) in [5.41, 5.74) is 8.01. The molecule has 5 nitrogen and oxygen atoms in total. The molecule has 0 aliphatic carbocycles. The molecule has 0 amide bonds. The Labute approximate surface area is 128 Å². The first-order chi connectivity index (χ1) is 10.8. The summed E-state index contributed by atoms with van der Waals surface area (Å²) in [5, 5.41) is 13.0. The van der Waals surface area contributed by atoms with Crippen LogP contribution in [0, 0.1) is 11.3 Å². The average molecular weight is 290 g/mol. The Morgan fingerprint density at radius 1 is 1.09 bits per heavy atom. The maximum Gasteiger partial charge on any atom is 0.165 e. The van der Waals surface area contributed by atoms with Crippen molar-refractivity contribution in [1.29, 1.82) is 5.26 Å². The number of nitrogens with zero attached hydrogens (tertiary/aromatic N) is 3. The summed E-state index contributed by atoms with van der Waals surface area (Å²) in [6.07, 6.45) is 0. The van der Waals surface area contributed by atoms with Crippen LogP contribution in [0.1, 0.15) is 11.3 Å². The van der Waals surface area contributed by atoms with Gasteiger partial charge in [-0.3, -0.25) is 0 Å². The highest BCUT2D eigenvalue weighted by atomic mass is 16.5. The topological polar surface area (TPSA) is 76.9 Å². The molecule has 2 aromatic carbocycles. The first kappa shape index (κ1) is 13.7. The van der Waals surface area contributed by atoms with Crippen molar-refractivity contribution in [3.8, 4) is 17.5 Å². The van der Waals surface area contributed by atoms with Crippen LogP contribution < -0.4 is 10.5 Å². The molecular formula is C17H14N4O. The quantitative estimate of drug-likeness (QED) is 0.801. The van der Waals surface area contributed by atoms with Crippen LogP contribution in [0.2, 0.25) is 0 Å². The summed E-state index contributed by atoms with van der Waals surface area (Å²) in [5.74, 6) is 1.13. The van der Waals surface area contributed by atoms with Crippen molar-refractivity contribution in [3.63, 3.8) is 0 Å². The molecule has 0 bridgehead atoms. The SMILES string of the molecule is N#Cc1cc(N)n(-c2cccc(OCc3ccccc3)c2)n1. The molecule has 22 heavy (non-hydrogen) atoms. The van der Waals surface area contributed by atoms with Crippen LogP contribution in [0.3, 0.4) is 0 Å². The molecule has 0 saturated carbocycles. The van der Waals surface area contributed by atoms with Crippen molar-refractivity contribution >= 4 is 5.82 Å². The summed E-state index contributed by atoms with van der Waals surface area (Å²) in [4.78, 5) is 0. The van der Waals surface area contributed by atoms with Gasteiger partial charge in [0.15, 0.2) is 5.69 Å². The van der Waals surface area contributed by atoms with Gasteiger partial charge in [0.05, 0.1) is 5.69 Å². The molecule has 1 aromatic heterocycles. The summed E-state index contributed by atoms with van der Waals surface area (Å²) in [7, 11) is 0. The second-order valence-electron chi connectivity index (χ2n) is 4.75. The summed E-state index contributed by atoms with van der Waals surface area (Å²) in [6, 6.07) is 20.9. The Balaban J connectivity index is 1.80. The molecule has 3 aromatic rings. The molecule has 0 aliphatic heterocycles. The summed E-state index contributed by atoms with van der Waals surface area (Å²) < 4.78 is 7.30. The standard InChI is InChI=1S/C17H14N4O/c18-11-14-9-17(19)21(20-14)15-7-4-8-16(10-15)22-12-13-5-2-1-3-6-13/h1-10H,12,19H2. The van der Waals surface area contributed by atoms with Crippen molar-refractivity contribution in [1.82, 2.24) is 9.78 Å². The molecular weight excluding hydrogens is 276 g/mol. The number of hydrogen-bond donors (Lipinski definition) is 1. The van der Waals surface area contributed by atoms with Crippen LogP contribution in [0.25, 0.3) is 5.69 Å². The van der Waals surface area contributed by atoms with Gasteiger partial charge < -0.3 is 10.5 Å². The number of nitriles is 1. The lowest BCUT2D eigenvalue weighted by Crippen LogP contribution is -2.02. The van der Waals surface area contributed by atoms with Gasteiger partial charge in [-0.25, -0.2) is 4.68 Å². The molecule has 0 unspecified atom stereocenters. The normalized spacial score (nSPS) is 10.1. The van der Waals surface area contributed by atoms with E-state index in [1.165, 1.54) is 10.7 Å². The van der Waals surface area contributed by atoms with Crippen LogP contribution in [-0.4, -0.2) is 9.78 Å². The second kappa shape index (κ2) is 6.02. The molecule has 5 heteroatoms. The van der Waals surface area contributed by atoms with E-state index in [-0.39, 0.29) is 5.69 Å². The number of benzene rings is 2. The first-order valence-electron chi connectivity index (χ1n) is 6.79. The molecule has 108 valence electrons.